The minimum Gasteiger partial charge on any atom is -0.377 e. The minimum atomic E-state index is 0.572. The van der Waals surface area contributed by atoms with Crippen LogP contribution in [0.5, 0.6) is 0 Å². The second-order valence-electron chi connectivity index (χ2n) is 6.69. The average molecular weight is 266 g/mol. The van der Waals surface area contributed by atoms with Gasteiger partial charge in [-0.05, 0) is 38.0 Å². The van der Waals surface area contributed by atoms with Crippen LogP contribution in [0.2, 0.25) is 0 Å². The lowest BCUT2D eigenvalue weighted by molar-refractivity contribution is 0.0220. The molecule has 1 heterocycles. The second-order valence-corrected chi connectivity index (χ2v) is 6.69. The Morgan fingerprint density at radius 2 is 1.95 bits per heavy atom. The molecule has 0 aromatic heterocycles. The Bertz CT molecular complexity index is 274. The molecule has 19 heavy (non-hydrogen) atoms. The molecule has 0 aromatic rings. The molecule has 0 bridgehead atoms. The molecule has 0 amide bonds. The number of ether oxygens (including phenoxy) is 1. The van der Waals surface area contributed by atoms with Crippen LogP contribution in [0.1, 0.15) is 51.9 Å². The maximum absolute atomic E-state index is 6.05. The lowest BCUT2D eigenvalue weighted by Gasteiger charge is -2.40. The van der Waals surface area contributed by atoms with Gasteiger partial charge < -0.3 is 10.1 Å². The normalized spacial score (nSPS) is 33.9. The summed E-state index contributed by atoms with van der Waals surface area (Å²) in [6, 6.07) is 1.48. The summed E-state index contributed by atoms with van der Waals surface area (Å²) in [5.74, 6) is 0.969. The molecule has 3 aliphatic rings. The summed E-state index contributed by atoms with van der Waals surface area (Å²) in [5, 5.41) is 3.76. The monoisotopic (exact) mass is 266 g/mol. The molecule has 2 saturated carbocycles. The van der Waals surface area contributed by atoms with Gasteiger partial charge in [0.15, 0.2) is 0 Å². The molecule has 0 spiro atoms. The SMILES string of the molecule is CCC1CNC(C2CC2)CN1CCOC1CCCC1. The maximum Gasteiger partial charge on any atom is 0.0597 e. The van der Waals surface area contributed by atoms with E-state index in [1.165, 1.54) is 58.0 Å². The van der Waals surface area contributed by atoms with Gasteiger partial charge in [0.1, 0.15) is 0 Å². The van der Waals surface area contributed by atoms with Crippen molar-refractivity contribution in [1.29, 1.82) is 0 Å². The fourth-order valence-electron chi connectivity index (χ4n) is 3.77. The van der Waals surface area contributed by atoms with Crippen LogP contribution in [0.4, 0.5) is 0 Å². The van der Waals surface area contributed by atoms with Crippen LogP contribution in [0.3, 0.4) is 0 Å². The highest BCUT2D eigenvalue weighted by Gasteiger charge is 2.36. The van der Waals surface area contributed by atoms with Crippen LogP contribution in [-0.4, -0.2) is 49.3 Å². The highest BCUT2D eigenvalue weighted by molar-refractivity contribution is 4.94. The Morgan fingerprint density at radius 3 is 2.63 bits per heavy atom. The summed E-state index contributed by atoms with van der Waals surface area (Å²) in [5.41, 5.74) is 0. The van der Waals surface area contributed by atoms with Gasteiger partial charge in [0.2, 0.25) is 0 Å². The molecule has 0 aromatic carbocycles. The van der Waals surface area contributed by atoms with E-state index in [0.717, 1.165) is 31.2 Å². The molecule has 3 fully saturated rings. The molecule has 1 aliphatic heterocycles. The Hall–Kier alpha value is -0.120. The number of nitrogens with one attached hydrogen (secondary N) is 1. The van der Waals surface area contributed by atoms with Crippen molar-refractivity contribution >= 4 is 0 Å². The van der Waals surface area contributed by atoms with Crippen LogP contribution in [0.25, 0.3) is 0 Å². The van der Waals surface area contributed by atoms with E-state index in [-0.39, 0.29) is 0 Å². The number of hydrogen-bond acceptors (Lipinski definition) is 3. The summed E-state index contributed by atoms with van der Waals surface area (Å²) >= 11 is 0. The second kappa shape index (κ2) is 6.55. The fraction of sp³-hybridized carbons (Fsp3) is 1.00. The number of hydrogen-bond donors (Lipinski definition) is 1. The van der Waals surface area contributed by atoms with Crippen molar-refractivity contribution in [2.24, 2.45) is 5.92 Å². The van der Waals surface area contributed by atoms with Crippen molar-refractivity contribution < 1.29 is 4.74 Å². The molecule has 2 unspecified atom stereocenters. The van der Waals surface area contributed by atoms with Crippen molar-refractivity contribution in [3.63, 3.8) is 0 Å². The fourth-order valence-corrected chi connectivity index (χ4v) is 3.77. The minimum absolute atomic E-state index is 0.572. The lowest BCUT2D eigenvalue weighted by atomic mass is 10.0. The molecule has 0 radical (unpaired) electrons. The first-order valence-electron chi connectivity index (χ1n) is 8.46. The zero-order chi connectivity index (χ0) is 13.1. The van der Waals surface area contributed by atoms with E-state index in [2.05, 4.69) is 17.1 Å². The van der Waals surface area contributed by atoms with E-state index in [1.54, 1.807) is 0 Å². The predicted octanol–water partition coefficient (Wildman–Crippen LogP) is 2.41. The third kappa shape index (κ3) is 3.71. The van der Waals surface area contributed by atoms with Crippen molar-refractivity contribution in [3.8, 4) is 0 Å². The molecule has 2 aliphatic carbocycles. The van der Waals surface area contributed by atoms with E-state index >= 15 is 0 Å². The topological polar surface area (TPSA) is 24.5 Å². The molecule has 3 heteroatoms. The molecule has 3 rings (SSSR count). The van der Waals surface area contributed by atoms with Crippen LogP contribution in [0.15, 0.2) is 0 Å². The summed E-state index contributed by atoms with van der Waals surface area (Å²) < 4.78 is 6.05. The Morgan fingerprint density at radius 1 is 1.16 bits per heavy atom. The number of nitrogens with zero attached hydrogens (tertiary/aromatic N) is 1. The van der Waals surface area contributed by atoms with Crippen LogP contribution < -0.4 is 5.32 Å². The van der Waals surface area contributed by atoms with E-state index in [9.17, 15) is 0 Å². The van der Waals surface area contributed by atoms with Gasteiger partial charge in [0.25, 0.3) is 0 Å². The standard InChI is InChI=1S/C16H30N2O/c1-2-14-11-17-16(13-7-8-13)12-18(14)9-10-19-15-5-3-4-6-15/h13-17H,2-12H2,1H3. The largest absolute Gasteiger partial charge is 0.377 e. The van der Waals surface area contributed by atoms with Crippen molar-refractivity contribution in [3.05, 3.63) is 0 Å². The average Bonchev–Trinajstić information content (AvgIpc) is 3.17. The first-order chi connectivity index (χ1) is 9.36. The zero-order valence-corrected chi connectivity index (χ0v) is 12.4. The summed E-state index contributed by atoms with van der Waals surface area (Å²) in [7, 11) is 0. The summed E-state index contributed by atoms with van der Waals surface area (Å²) in [6.07, 6.45) is 10.1. The van der Waals surface area contributed by atoms with E-state index < -0.39 is 0 Å². The Labute approximate surface area is 118 Å². The summed E-state index contributed by atoms with van der Waals surface area (Å²) in [6.45, 7) is 6.82. The third-order valence-corrected chi connectivity index (χ3v) is 5.26. The first-order valence-corrected chi connectivity index (χ1v) is 8.46. The smallest absolute Gasteiger partial charge is 0.0597 e. The Balaban J connectivity index is 1.42. The lowest BCUT2D eigenvalue weighted by Crippen LogP contribution is -2.57. The van der Waals surface area contributed by atoms with Gasteiger partial charge in [-0.1, -0.05) is 19.8 Å². The molecule has 2 atom stereocenters. The van der Waals surface area contributed by atoms with Crippen LogP contribution >= 0.6 is 0 Å². The van der Waals surface area contributed by atoms with E-state index in [1.807, 2.05) is 0 Å². The van der Waals surface area contributed by atoms with Crippen LogP contribution in [0, 0.1) is 5.92 Å². The third-order valence-electron chi connectivity index (χ3n) is 5.26. The molecule has 1 N–H and O–H groups in total. The molecule has 110 valence electrons. The van der Waals surface area contributed by atoms with E-state index in [4.69, 9.17) is 4.74 Å². The first kappa shape index (κ1) is 13.8. The Kier molecular flexibility index (Phi) is 4.78. The van der Waals surface area contributed by atoms with Crippen molar-refractivity contribution in [2.45, 2.75) is 70.1 Å². The predicted molar refractivity (Wildman–Crippen MR) is 78.4 cm³/mol. The van der Waals surface area contributed by atoms with Gasteiger partial charge in [-0.25, -0.2) is 0 Å². The van der Waals surface area contributed by atoms with Gasteiger partial charge in [-0.15, -0.1) is 0 Å². The molecular formula is C16H30N2O. The maximum atomic E-state index is 6.05. The van der Waals surface area contributed by atoms with Gasteiger partial charge in [0, 0.05) is 31.7 Å². The number of rotatable bonds is 6. The van der Waals surface area contributed by atoms with Crippen molar-refractivity contribution in [2.75, 3.05) is 26.2 Å². The summed E-state index contributed by atoms with van der Waals surface area (Å²) in [4.78, 5) is 2.69. The number of piperazine rings is 1. The highest BCUT2D eigenvalue weighted by Crippen LogP contribution is 2.34. The molecule has 1 saturated heterocycles. The molecular weight excluding hydrogens is 236 g/mol. The quantitative estimate of drug-likeness (QED) is 0.799. The van der Waals surface area contributed by atoms with Gasteiger partial charge in [-0.2, -0.15) is 0 Å². The zero-order valence-electron chi connectivity index (χ0n) is 12.4. The van der Waals surface area contributed by atoms with Gasteiger partial charge in [-0.3, -0.25) is 4.90 Å². The van der Waals surface area contributed by atoms with Crippen molar-refractivity contribution in [1.82, 2.24) is 10.2 Å². The van der Waals surface area contributed by atoms with E-state index in [0.29, 0.717) is 6.10 Å². The molecule has 3 nitrogen and oxygen atoms in total. The highest BCUT2D eigenvalue weighted by atomic mass is 16.5. The van der Waals surface area contributed by atoms with Gasteiger partial charge in [0.05, 0.1) is 12.7 Å². The van der Waals surface area contributed by atoms with Gasteiger partial charge >= 0.3 is 0 Å². The van der Waals surface area contributed by atoms with Crippen LogP contribution in [-0.2, 0) is 4.74 Å².